The van der Waals surface area contributed by atoms with Crippen molar-refractivity contribution < 1.29 is 0 Å². The van der Waals surface area contributed by atoms with E-state index >= 15 is 0 Å². The number of hydrogen-bond acceptors (Lipinski definition) is 1. The minimum absolute atomic E-state index is 0. The van der Waals surface area contributed by atoms with Crippen molar-refractivity contribution in [3.05, 3.63) is 60.2 Å². The lowest BCUT2D eigenvalue weighted by Crippen LogP contribution is -2.11. The Morgan fingerprint density at radius 2 is 1.41 bits per heavy atom. The summed E-state index contributed by atoms with van der Waals surface area (Å²) in [5, 5.41) is 5.19. The minimum atomic E-state index is 0. The van der Waals surface area contributed by atoms with Gasteiger partial charge in [0, 0.05) is 6.04 Å². The Kier molecular flexibility index (Phi) is 5.82. The SMILES string of the molecule is CCCCC[C@@H](N)c1c2ccccc2cc2ccccc12.Cl. The molecule has 3 rings (SSSR count). The molecule has 0 amide bonds. The smallest absolute Gasteiger partial charge is 0.0307 e. The molecule has 0 fully saturated rings. The molecule has 1 nitrogen and oxygen atoms in total. The van der Waals surface area contributed by atoms with Gasteiger partial charge in [0.05, 0.1) is 0 Å². The first-order chi connectivity index (χ1) is 10.3. The predicted molar refractivity (Wildman–Crippen MR) is 99.8 cm³/mol. The first-order valence-electron chi connectivity index (χ1n) is 7.97. The highest BCUT2D eigenvalue weighted by atomic mass is 35.5. The molecule has 1 atom stereocenters. The van der Waals surface area contributed by atoms with Gasteiger partial charge in [-0.2, -0.15) is 0 Å². The summed E-state index contributed by atoms with van der Waals surface area (Å²) in [6.07, 6.45) is 4.76. The van der Waals surface area contributed by atoms with Gasteiger partial charge in [-0.05, 0) is 39.6 Å². The van der Waals surface area contributed by atoms with Crippen LogP contribution >= 0.6 is 12.4 Å². The highest BCUT2D eigenvalue weighted by molar-refractivity contribution is 6.02. The molecule has 2 heteroatoms. The Hall–Kier alpha value is -1.57. The maximum absolute atomic E-state index is 6.57. The molecule has 0 aliphatic carbocycles. The van der Waals surface area contributed by atoms with E-state index in [1.807, 2.05) is 0 Å². The molecule has 0 aliphatic heterocycles. The fourth-order valence-electron chi connectivity index (χ4n) is 3.21. The predicted octanol–water partition coefficient (Wildman–Crippen LogP) is 5.99. The largest absolute Gasteiger partial charge is 0.324 e. The molecule has 0 saturated heterocycles. The standard InChI is InChI=1S/C20H23N.ClH/c1-2-3-4-13-19(21)20-17-11-7-5-9-15(17)14-16-10-6-8-12-18(16)20;/h5-12,14,19H,2-4,13,21H2,1H3;1H/t19-;/m1./s1. The van der Waals surface area contributed by atoms with Crippen LogP contribution in [0.15, 0.2) is 54.6 Å². The van der Waals surface area contributed by atoms with Gasteiger partial charge < -0.3 is 5.73 Å². The number of hydrogen-bond donors (Lipinski definition) is 1. The summed E-state index contributed by atoms with van der Waals surface area (Å²) in [4.78, 5) is 0. The monoisotopic (exact) mass is 313 g/mol. The summed E-state index contributed by atoms with van der Waals surface area (Å²) < 4.78 is 0. The zero-order chi connectivity index (χ0) is 14.7. The number of benzene rings is 3. The second-order valence-corrected chi connectivity index (χ2v) is 5.83. The van der Waals surface area contributed by atoms with E-state index < -0.39 is 0 Å². The van der Waals surface area contributed by atoms with E-state index in [0.29, 0.717) is 0 Å². The Bertz CT molecular complexity index is 697. The minimum Gasteiger partial charge on any atom is -0.324 e. The molecule has 0 radical (unpaired) electrons. The van der Waals surface area contributed by atoms with Crippen LogP contribution in [0.3, 0.4) is 0 Å². The van der Waals surface area contributed by atoms with Gasteiger partial charge in [0.25, 0.3) is 0 Å². The van der Waals surface area contributed by atoms with Crippen LogP contribution in [0.1, 0.15) is 44.2 Å². The topological polar surface area (TPSA) is 26.0 Å². The number of rotatable bonds is 5. The van der Waals surface area contributed by atoms with Gasteiger partial charge in [0.2, 0.25) is 0 Å². The Labute approximate surface area is 138 Å². The molecule has 0 spiro atoms. The molecule has 0 bridgehead atoms. The van der Waals surface area contributed by atoms with E-state index in [1.165, 1.54) is 46.4 Å². The molecular formula is C20H24ClN. The summed E-state index contributed by atoms with van der Waals surface area (Å²) in [5.74, 6) is 0. The van der Waals surface area contributed by atoms with Crippen LogP contribution in [-0.4, -0.2) is 0 Å². The molecule has 0 aliphatic rings. The van der Waals surface area contributed by atoms with Crippen molar-refractivity contribution in [3.8, 4) is 0 Å². The maximum atomic E-state index is 6.57. The van der Waals surface area contributed by atoms with E-state index in [4.69, 9.17) is 5.73 Å². The summed E-state index contributed by atoms with van der Waals surface area (Å²) in [6, 6.07) is 19.6. The second kappa shape index (κ2) is 7.62. The Morgan fingerprint density at radius 3 is 1.95 bits per heavy atom. The molecule has 116 valence electrons. The summed E-state index contributed by atoms with van der Waals surface area (Å²) in [5.41, 5.74) is 7.89. The number of unbranched alkanes of at least 4 members (excludes halogenated alkanes) is 2. The molecule has 22 heavy (non-hydrogen) atoms. The fraction of sp³-hybridized carbons (Fsp3) is 0.300. The first kappa shape index (κ1) is 16.8. The average Bonchev–Trinajstić information content (AvgIpc) is 2.52. The van der Waals surface area contributed by atoms with Crippen molar-refractivity contribution in [2.24, 2.45) is 5.73 Å². The lowest BCUT2D eigenvalue weighted by Gasteiger charge is -2.18. The van der Waals surface area contributed by atoms with Crippen LogP contribution < -0.4 is 5.73 Å². The highest BCUT2D eigenvalue weighted by Gasteiger charge is 2.13. The molecular weight excluding hydrogens is 290 g/mol. The quantitative estimate of drug-likeness (QED) is 0.454. The molecule has 3 aromatic rings. The van der Waals surface area contributed by atoms with Gasteiger partial charge in [-0.25, -0.2) is 0 Å². The van der Waals surface area contributed by atoms with Gasteiger partial charge in [-0.3, -0.25) is 0 Å². The van der Waals surface area contributed by atoms with Gasteiger partial charge >= 0.3 is 0 Å². The summed E-state index contributed by atoms with van der Waals surface area (Å²) >= 11 is 0. The molecule has 3 aromatic carbocycles. The molecule has 0 saturated carbocycles. The molecule has 0 aromatic heterocycles. The van der Waals surface area contributed by atoms with Crippen LogP contribution in [0.2, 0.25) is 0 Å². The van der Waals surface area contributed by atoms with E-state index in [9.17, 15) is 0 Å². The molecule has 2 N–H and O–H groups in total. The normalized spacial score (nSPS) is 12.3. The number of fused-ring (bicyclic) bond motifs is 2. The summed E-state index contributed by atoms with van der Waals surface area (Å²) in [7, 11) is 0. The van der Waals surface area contributed by atoms with Crippen LogP contribution in [0.4, 0.5) is 0 Å². The zero-order valence-corrected chi connectivity index (χ0v) is 13.9. The van der Waals surface area contributed by atoms with Crippen LogP contribution in [0.5, 0.6) is 0 Å². The third-order valence-electron chi connectivity index (χ3n) is 4.30. The van der Waals surface area contributed by atoms with Gasteiger partial charge in [-0.1, -0.05) is 74.7 Å². The van der Waals surface area contributed by atoms with Gasteiger partial charge in [0.1, 0.15) is 0 Å². The Morgan fingerprint density at radius 1 is 0.864 bits per heavy atom. The number of nitrogens with two attached hydrogens (primary N) is 1. The van der Waals surface area contributed by atoms with Crippen molar-refractivity contribution >= 4 is 34.0 Å². The third kappa shape index (κ3) is 3.26. The molecule has 0 unspecified atom stereocenters. The van der Waals surface area contributed by atoms with Crippen molar-refractivity contribution in [3.63, 3.8) is 0 Å². The van der Waals surface area contributed by atoms with E-state index in [2.05, 4.69) is 61.5 Å². The summed E-state index contributed by atoms with van der Waals surface area (Å²) in [6.45, 7) is 2.23. The van der Waals surface area contributed by atoms with Crippen LogP contribution in [0, 0.1) is 0 Å². The lowest BCUT2D eigenvalue weighted by molar-refractivity contribution is 0.586. The number of halogens is 1. The Balaban J connectivity index is 0.00000176. The van der Waals surface area contributed by atoms with Gasteiger partial charge in [0.15, 0.2) is 0 Å². The average molecular weight is 314 g/mol. The van der Waals surface area contributed by atoms with Crippen molar-refractivity contribution in [1.82, 2.24) is 0 Å². The van der Waals surface area contributed by atoms with Crippen LogP contribution in [0.25, 0.3) is 21.5 Å². The van der Waals surface area contributed by atoms with E-state index in [0.717, 1.165) is 6.42 Å². The first-order valence-corrected chi connectivity index (χ1v) is 7.97. The third-order valence-corrected chi connectivity index (χ3v) is 4.30. The lowest BCUT2D eigenvalue weighted by atomic mass is 9.90. The zero-order valence-electron chi connectivity index (χ0n) is 13.1. The highest BCUT2D eigenvalue weighted by Crippen LogP contribution is 2.33. The second-order valence-electron chi connectivity index (χ2n) is 5.83. The van der Waals surface area contributed by atoms with Crippen molar-refractivity contribution in [1.29, 1.82) is 0 Å². The fourth-order valence-corrected chi connectivity index (χ4v) is 3.21. The molecule has 0 heterocycles. The van der Waals surface area contributed by atoms with Crippen molar-refractivity contribution in [2.75, 3.05) is 0 Å². The van der Waals surface area contributed by atoms with Crippen LogP contribution in [-0.2, 0) is 0 Å². The van der Waals surface area contributed by atoms with Gasteiger partial charge in [-0.15, -0.1) is 12.4 Å². The van der Waals surface area contributed by atoms with Crippen molar-refractivity contribution in [2.45, 2.75) is 38.6 Å². The van der Waals surface area contributed by atoms with E-state index in [-0.39, 0.29) is 18.4 Å². The maximum Gasteiger partial charge on any atom is 0.0307 e. The van der Waals surface area contributed by atoms with E-state index in [1.54, 1.807) is 0 Å².